The molecule has 0 aliphatic heterocycles. The number of hydrogen-bond acceptors (Lipinski definition) is 3. The second-order valence-electron chi connectivity index (χ2n) is 4.69. The van der Waals surface area contributed by atoms with Crippen molar-refractivity contribution in [2.45, 2.75) is 24.2 Å². The van der Waals surface area contributed by atoms with E-state index in [-0.39, 0.29) is 15.5 Å². The Morgan fingerprint density at radius 3 is 2.60 bits per heavy atom. The molecule has 1 fully saturated rings. The van der Waals surface area contributed by atoms with Crippen LogP contribution in [0, 0.1) is 5.92 Å². The molecule has 110 valence electrons. The fraction of sp³-hybridized carbons (Fsp3) is 0.417. The number of halogens is 3. The molecule has 0 heterocycles. The predicted molar refractivity (Wildman–Crippen MR) is 81.9 cm³/mol. The average Bonchev–Trinajstić information content (AvgIpc) is 3.15. The molecule has 1 amide bonds. The van der Waals surface area contributed by atoms with Crippen molar-refractivity contribution in [1.29, 1.82) is 0 Å². The van der Waals surface area contributed by atoms with Gasteiger partial charge in [-0.3, -0.25) is 4.79 Å². The van der Waals surface area contributed by atoms with Gasteiger partial charge in [-0.05, 0) is 40.4 Å². The highest BCUT2D eigenvalue weighted by molar-refractivity contribution is 9.10. The Bertz CT molecular complexity index is 644. The van der Waals surface area contributed by atoms with E-state index < -0.39 is 15.0 Å². The number of benzene rings is 1. The SMILES string of the molecule is O=C(NCCC1CC1)c1cc(S(=O)(=O)Cl)cc(Br)c1Cl. The van der Waals surface area contributed by atoms with E-state index in [4.69, 9.17) is 22.3 Å². The van der Waals surface area contributed by atoms with Crippen LogP contribution in [-0.2, 0) is 9.05 Å². The Balaban J connectivity index is 2.20. The highest BCUT2D eigenvalue weighted by Gasteiger charge is 2.22. The standard InChI is InChI=1S/C12H12BrCl2NO3S/c13-10-6-8(20(15,18)19)5-9(11(10)14)12(17)16-4-3-7-1-2-7/h5-7H,1-4H2,(H,16,17). The molecule has 1 aromatic rings. The fourth-order valence-electron chi connectivity index (χ4n) is 1.76. The molecule has 0 aromatic heterocycles. The third kappa shape index (κ3) is 4.10. The lowest BCUT2D eigenvalue weighted by molar-refractivity contribution is 0.0952. The van der Waals surface area contributed by atoms with Crippen molar-refractivity contribution in [1.82, 2.24) is 5.32 Å². The van der Waals surface area contributed by atoms with Crippen molar-refractivity contribution in [3.8, 4) is 0 Å². The number of carbonyl (C=O) groups is 1. The summed E-state index contributed by atoms with van der Waals surface area (Å²) in [7, 11) is 1.37. The zero-order valence-corrected chi connectivity index (χ0v) is 14.2. The quantitative estimate of drug-likeness (QED) is 0.768. The van der Waals surface area contributed by atoms with E-state index in [0.717, 1.165) is 6.42 Å². The van der Waals surface area contributed by atoms with Crippen LogP contribution < -0.4 is 5.32 Å². The van der Waals surface area contributed by atoms with Gasteiger partial charge in [0.1, 0.15) is 0 Å². The fourth-order valence-corrected chi connectivity index (χ4v) is 3.35. The van der Waals surface area contributed by atoms with E-state index >= 15 is 0 Å². The van der Waals surface area contributed by atoms with Crippen LogP contribution in [0.25, 0.3) is 0 Å². The number of nitrogens with one attached hydrogen (secondary N) is 1. The summed E-state index contributed by atoms with van der Waals surface area (Å²) in [5.74, 6) is 0.297. The minimum Gasteiger partial charge on any atom is -0.352 e. The van der Waals surface area contributed by atoms with Crippen LogP contribution in [0.1, 0.15) is 29.6 Å². The molecular formula is C12H12BrCl2NO3S. The minimum absolute atomic E-state index is 0.0936. The molecule has 8 heteroatoms. The second-order valence-corrected chi connectivity index (χ2v) is 8.49. The monoisotopic (exact) mass is 399 g/mol. The largest absolute Gasteiger partial charge is 0.352 e. The molecule has 1 aliphatic carbocycles. The van der Waals surface area contributed by atoms with E-state index in [0.29, 0.717) is 16.9 Å². The Hall–Kier alpha value is -0.300. The van der Waals surface area contributed by atoms with E-state index in [1.807, 2.05) is 0 Å². The molecule has 1 saturated carbocycles. The summed E-state index contributed by atoms with van der Waals surface area (Å²) < 4.78 is 23.0. The van der Waals surface area contributed by atoms with Crippen molar-refractivity contribution in [2.75, 3.05) is 6.54 Å². The third-order valence-electron chi connectivity index (χ3n) is 3.06. The summed E-state index contributed by atoms with van der Waals surface area (Å²) in [6, 6.07) is 2.45. The maximum absolute atomic E-state index is 12.0. The first-order chi connectivity index (χ1) is 9.29. The van der Waals surface area contributed by atoms with Crippen LogP contribution in [0.3, 0.4) is 0 Å². The summed E-state index contributed by atoms with van der Waals surface area (Å²) in [6.07, 6.45) is 3.35. The molecule has 1 aromatic carbocycles. The molecule has 0 saturated heterocycles. The lowest BCUT2D eigenvalue weighted by atomic mass is 10.2. The molecule has 0 atom stereocenters. The molecule has 1 aliphatic rings. The van der Waals surface area contributed by atoms with Crippen molar-refractivity contribution in [3.63, 3.8) is 0 Å². The van der Waals surface area contributed by atoms with E-state index in [1.54, 1.807) is 0 Å². The van der Waals surface area contributed by atoms with Crippen molar-refractivity contribution in [3.05, 3.63) is 27.2 Å². The van der Waals surface area contributed by atoms with Crippen LogP contribution >= 0.6 is 38.2 Å². The topological polar surface area (TPSA) is 63.2 Å². The van der Waals surface area contributed by atoms with Crippen molar-refractivity contribution >= 4 is 53.2 Å². The number of hydrogen-bond donors (Lipinski definition) is 1. The zero-order chi connectivity index (χ0) is 14.9. The molecule has 4 nitrogen and oxygen atoms in total. The number of amides is 1. The number of carbonyl (C=O) groups excluding carboxylic acids is 1. The molecule has 2 rings (SSSR count). The van der Waals surface area contributed by atoms with Gasteiger partial charge in [-0.25, -0.2) is 8.42 Å². The van der Waals surface area contributed by atoms with Gasteiger partial charge in [0.25, 0.3) is 15.0 Å². The Labute approximate surface area is 135 Å². The van der Waals surface area contributed by atoms with Crippen LogP contribution in [0.5, 0.6) is 0 Å². The van der Waals surface area contributed by atoms with Crippen molar-refractivity contribution in [2.24, 2.45) is 5.92 Å². The average molecular weight is 401 g/mol. The van der Waals surface area contributed by atoms with Gasteiger partial charge in [-0.1, -0.05) is 24.4 Å². The highest BCUT2D eigenvalue weighted by atomic mass is 79.9. The normalized spacial score (nSPS) is 15.2. The summed E-state index contributed by atoms with van der Waals surface area (Å²) in [6.45, 7) is 0.551. The van der Waals surface area contributed by atoms with Crippen LogP contribution in [0.4, 0.5) is 0 Å². The first kappa shape index (κ1) is 16.1. The van der Waals surface area contributed by atoms with Gasteiger partial charge in [-0.15, -0.1) is 0 Å². The highest BCUT2D eigenvalue weighted by Crippen LogP contribution is 2.32. The Morgan fingerprint density at radius 1 is 1.40 bits per heavy atom. The lowest BCUT2D eigenvalue weighted by Gasteiger charge is -2.09. The second kappa shape index (κ2) is 6.22. The van der Waals surface area contributed by atoms with E-state index in [1.165, 1.54) is 25.0 Å². The smallest absolute Gasteiger partial charge is 0.261 e. The van der Waals surface area contributed by atoms with Gasteiger partial charge in [0.05, 0.1) is 15.5 Å². The van der Waals surface area contributed by atoms with Gasteiger partial charge in [0.15, 0.2) is 0 Å². The van der Waals surface area contributed by atoms with Gasteiger partial charge in [0.2, 0.25) is 0 Å². The molecule has 0 unspecified atom stereocenters. The maximum Gasteiger partial charge on any atom is 0.261 e. The van der Waals surface area contributed by atoms with Crippen LogP contribution in [-0.4, -0.2) is 20.9 Å². The van der Waals surface area contributed by atoms with Gasteiger partial charge >= 0.3 is 0 Å². The van der Waals surface area contributed by atoms with E-state index in [9.17, 15) is 13.2 Å². The first-order valence-electron chi connectivity index (χ1n) is 6.01. The lowest BCUT2D eigenvalue weighted by Crippen LogP contribution is -2.25. The molecule has 20 heavy (non-hydrogen) atoms. The Kier molecular flexibility index (Phi) is 5.00. The van der Waals surface area contributed by atoms with Crippen molar-refractivity contribution < 1.29 is 13.2 Å². The van der Waals surface area contributed by atoms with Gasteiger partial charge in [-0.2, -0.15) is 0 Å². The summed E-state index contributed by atoms with van der Waals surface area (Å²) in [4.78, 5) is 11.9. The first-order valence-corrected chi connectivity index (χ1v) is 9.49. The summed E-state index contributed by atoms with van der Waals surface area (Å²) in [5, 5.41) is 2.90. The van der Waals surface area contributed by atoms with Crippen LogP contribution in [0.2, 0.25) is 5.02 Å². The molecule has 0 radical (unpaired) electrons. The summed E-state index contributed by atoms with van der Waals surface area (Å²) in [5.41, 5.74) is 0.0936. The predicted octanol–water partition coefficient (Wildman–Crippen LogP) is 3.56. The molecule has 0 spiro atoms. The molecular weight excluding hydrogens is 389 g/mol. The zero-order valence-electron chi connectivity index (χ0n) is 10.3. The van der Waals surface area contributed by atoms with E-state index in [2.05, 4.69) is 21.2 Å². The Morgan fingerprint density at radius 2 is 2.05 bits per heavy atom. The minimum atomic E-state index is -3.92. The maximum atomic E-state index is 12.0. The van der Waals surface area contributed by atoms with Crippen LogP contribution in [0.15, 0.2) is 21.5 Å². The molecule has 1 N–H and O–H groups in total. The number of rotatable bonds is 5. The van der Waals surface area contributed by atoms with Gasteiger partial charge in [0, 0.05) is 21.7 Å². The molecule has 0 bridgehead atoms. The third-order valence-corrected chi connectivity index (χ3v) is 5.66. The van der Waals surface area contributed by atoms with Gasteiger partial charge < -0.3 is 5.32 Å². The summed E-state index contributed by atoms with van der Waals surface area (Å²) >= 11 is 9.14.